The Morgan fingerprint density at radius 1 is 0.963 bits per heavy atom. The SMILES string of the molecule is Cc1nc(-c2ccncc2)nc(N2CCN(C3CCCN(C)C3)CC2)c1C. The number of aromatic nitrogens is 3. The molecule has 0 amide bonds. The predicted octanol–water partition coefficient (Wildman–Crippen LogP) is 2.37. The van der Waals surface area contributed by atoms with Gasteiger partial charge in [-0.15, -0.1) is 0 Å². The second kappa shape index (κ2) is 7.90. The molecule has 0 N–H and O–H groups in total. The van der Waals surface area contributed by atoms with E-state index >= 15 is 0 Å². The molecule has 2 aliphatic heterocycles. The Morgan fingerprint density at radius 3 is 2.41 bits per heavy atom. The lowest BCUT2D eigenvalue weighted by Crippen LogP contribution is -2.54. The Bertz CT molecular complexity index is 770. The summed E-state index contributed by atoms with van der Waals surface area (Å²) in [6.45, 7) is 11.0. The van der Waals surface area contributed by atoms with Crippen molar-refractivity contribution in [3.05, 3.63) is 35.8 Å². The monoisotopic (exact) mass is 366 g/mol. The van der Waals surface area contributed by atoms with Crippen molar-refractivity contribution in [2.75, 3.05) is 51.2 Å². The second-order valence-corrected chi connectivity index (χ2v) is 7.90. The predicted molar refractivity (Wildman–Crippen MR) is 109 cm³/mol. The van der Waals surface area contributed by atoms with Gasteiger partial charge in [0.2, 0.25) is 0 Å². The molecule has 0 radical (unpaired) electrons. The van der Waals surface area contributed by atoms with E-state index in [2.05, 4.69) is 40.6 Å². The van der Waals surface area contributed by atoms with Crippen LogP contribution >= 0.6 is 0 Å². The highest BCUT2D eigenvalue weighted by Gasteiger charge is 2.28. The minimum atomic E-state index is 0.714. The highest BCUT2D eigenvalue weighted by atomic mass is 15.3. The number of anilines is 1. The van der Waals surface area contributed by atoms with E-state index in [0.29, 0.717) is 6.04 Å². The number of aryl methyl sites for hydroxylation is 1. The average molecular weight is 367 g/mol. The summed E-state index contributed by atoms with van der Waals surface area (Å²) in [4.78, 5) is 21.4. The first-order chi connectivity index (χ1) is 13.1. The number of hydrogen-bond donors (Lipinski definition) is 0. The van der Waals surface area contributed by atoms with Gasteiger partial charge < -0.3 is 9.80 Å². The molecule has 144 valence electrons. The summed E-state index contributed by atoms with van der Waals surface area (Å²) < 4.78 is 0. The maximum Gasteiger partial charge on any atom is 0.161 e. The smallest absolute Gasteiger partial charge is 0.161 e. The zero-order valence-corrected chi connectivity index (χ0v) is 16.7. The maximum atomic E-state index is 4.94. The molecular formula is C21H30N6. The fraction of sp³-hybridized carbons (Fsp3) is 0.571. The van der Waals surface area contributed by atoms with Crippen molar-refractivity contribution in [3.63, 3.8) is 0 Å². The summed E-state index contributed by atoms with van der Waals surface area (Å²) >= 11 is 0. The molecule has 1 unspecified atom stereocenters. The summed E-state index contributed by atoms with van der Waals surface area (Å²) in [5, 5.41) is 0. The van der Waals surface area contributed by atoms with Crippen LogP contribution in [-0.2, 0) is 0 Å². The van der Waals surface area contributed by atoms with Gasteiger partial charge in [0.25, 0.3) is 0 Å². The standard InChI is InChI=1S/C21H30N6/c1-16-17(2)23-20(18-6-8-22-9-7-18)24-21(16)27-13-11-26(12-14-27)19-5-4-10-25(3)15-19/h6-9,19H,4-5,10-15H2,1-3H3. The second-order valence-electron chi connectivity index (χ2n) is 7.90. The summed E-state index contributed by atoms with van der Waals surface area (Å²) in [6.07, 6.45) is 6.25. The van der Waals surface area contributed by atoms with E-state index in [-0.39, 0.29) is 0 Å². The molecule has 0 aromatic carbocycles. The van der Waals surface area contributed by atoms with Gasteiger partial charge in [-0.3, -0.25) is 9.88 Å². The third kappa shape index (κ3) is 3.96. The molecule has 2 aliphatic rings. The van der Waals surface area contributed by atoms with Crippen LogP contribution in [0.1, 0.15) is 24.1 Å². The fourth-order valence-corrected chi connectivity index (χ4v) is 4.29. The number of likely N-dealkylation sites (N-methyl/N-ethyl adjacent to an activating group) is 1. The van der Waals surface area contributed by atoms with Gasteiger partial charge in [-0.05, 0) is 52.4 Å². The highest BCUT2D eigenvalue weighted by Crippen LogP contribution is 2.26. The average Bonchev–Trinajstić information content (AvgIpc) is 2.71. The normalized spacial score (nSPS) is 22.2. The number of likely N-dealkylation sites (tertiary alicyclic amines) is 1. The van der Waals surface area contributed by atoms with Crippen LogP contribution in [0, 0.1) is 13.8 Å². The Labute approximate surface area is 162 Å². The molecule has 0 aliphatic carbocycles. The van der Waals surface area contributed by atoms with Gasteiger partial charge in [0.05, 0.1) is 0 Å². The molecule has 6 heteroatoms. The molecule has 0 saturated carbocycles. The Hall–Kier alpha value is -2.05. The summed E-state index contributed by atoms with van der Waals surface area (Å²) in [5.74, 6) is 1.89. The Morgan fingerprint density at radius 2 is 1.70 bits per heavy atom. The molecule has 0 spiro atoms. The van der Waals surface area contributed by atoms with Crippen molar-refractivity contribution in [1.82, 2.24) is 24.8 Å². The molecule has 1 atom stereocenters. The first kappa shape index (κ1) is 18.3. The van der Waals surface area contributed by atoms with Crippen molar-refractivity contribution in [1.29, 1.82) is 0 Å². The lowest BCUT2D eigenvalue weighted by atomic mass is 10.0. The third-order valence-electron chi connectivity index (χ3n) is 6.03. The fourth-order valence-electron chi connectivity index (χ4n) is 4.29. The maximum absolute atomic E-state index is 4.94. The van der Waals surface area contributed by atoms with Crippen LogP contribution < -0.4 is 4.90 Å². The van der Waals surface area contributed by atoms with Crippen LogP contribution in [-0.4, -0.2) is 77.1 Å². The van der Waals surface area contributed by atoms with Gasteiger partial charge in [-0.25, -0.2) is 9.97 Å². The van der Waals surface area contributed by atoms with Gasteiger partial charge in [-0.2, -0.15) is 0 Å². The number of nitrogens with zero attached hydrogens (tertiary/aromatic N) is 6. The number of rotatable bonds is 3. The van der Waals surface area contributed by atoms with Crippen LogP contribution in [0.4, 0.5) is 5.82 Å². The Balaban J connectivity index is 1.50. The zero-order valence-electron chi connectivity index (χ0n) is 16.7. The topological polar surface area (TPSA) is 48.4 Å². The minimum Gasteiger partial charge on any atom is -0.354 e. The molecule has 2 saturated heterocycles. The lowest BCUT2D eigenvalue weighted by molar-refractivity contribution is 0.106. The number of hydrogen-bond acceptors (Lipinski definition) is 6. The van der Waals surface area contributed by atoms with Gasteiger partial charge >= 0.3 is 0 Å². The summed E-state index contributed by atoms with van der Waals surface area (Å²) in [7, 11) is 2.25. The van der Waals surface area contributed by atoms with Gasteiger partial charge in [-0.1, -0.05) is 0 Å². The van der Waals surface area contributed by atoms with Crippen LogP contribution in [0.2, 0.25) is 0 Å². The van der Waals surface area contributed by atoms with Crippen molar-refractivity contribution in [3.8, 4) is 11.4 Å². The number of pyridine rings is 1. The van der Waals surface area contributed by atoms with Gasteiger partial charge in [0.15, 0.2) is 5.82 Å². The van der Waals surface area contributed by atoms with Crippen molar-refractivity contribution in [2.45, 2.75) is 32.7 Å². The molecular weight excluding hydrogens is 336 g/mol. The van der Waals surface area contributed by atoms with E-state index in [0.717, 1.165) is 49.1 Å². The molecule has 2 aromatic heterocycles. The quantitative estimate of drug-likeness (QED) is 0.831. The van der Waals surface area contributed by atoms with E-state index < -0.39 is 0 Å². The highest BCUT2D eigenvalue weighted by molar-refractivity contribution is 5.60. The van der Waals surface area contributed by atoms with Gasteiger partial charge in [0.1, 0.15) is 5.82 Å². The molecule has 0 bridgehead atoms. The first-order valence-electron chi connectivity index (χ1n) is 10.0. The van der Waals surface area contributed by atoms with E-state index in [9.17, 15) is 0 Å². The Kier molecular flexibility index (Phi) is 5.36. The van der Waals surface area contributed by atoms with Crippen molar-refractivity contribution < 1.29 is 0 Å². The molecule has 2 aromatic rings. The molecule has 4 rings (SSSR count). The van der Waals surface area contributed by atoms with E-state index in [1.165, 1.54) is 31.5 Å². The van der Waals surface area contributed by atoms with Crippen LogP contribution in [0.3, 0.4) is 0 Å². The van der Waals surface area contributed by atoms with Crippen LogP contribution in [0.25, 0.3) is 11.4 Å². The van der Waals surface area contributed by atoms with Crippen LogP contribution in [0.5, 0.6) is 0 Å². The number of piperidine rings is 1. The molecule has 2 fully saturated rings. The third-order valence-corrected chi connectivity index (χ3v) is 6.03. The largest absolute Gasteiger partial charge is 0.354 e. The van der Waals surface area contributed by atoms with Gasteiger partial charge in [0, 0.05) is 68.0 Å². The minimum absolute atomic E-state index is 0.714. The molecule has 6 nitrogen and oxygen atoms in total. The van der Waals surface area contributed by atoms with E-state index in [1.807, 2.05) is 12.1 Å². The lowest BCUT2D eigenvalue weighted by Gasteiger charge is -2.43. The van der Waals surface area contributed by atoms with E-state index in [4.69, 9.17) is 9.97 Å². The molecule has 27 heavy (non-hydrogen) atoms. The van der Waals surface area contributed by atoms with E-state index in [1.54, 1.807) is 12.4 Å². The first-order valence-corrected chi connectivity index (χ1v) is 10.0. The molecule has 4 heterocycles. The van der Waals surface area contributed by atoms with Crippen molar-refractivity contribution >= 4 is 5.82 Å². The van der Waals surface area contributed by atoms with Crippen molar-refractivity contribution in [2.24, 2.45) is 0 Å². The van der Waals surface area contributed by atoms with Crippen LogP contribution in [0.15, 0.2) is 24.5 Å². The summed E-state index contributed by atoms with van der Waals surface area (Å²) in [5.41, 5.74) is 3.28. The summed E-state index contributed by atoms with van der Waals surface area (Å²) in [6, 6.07) is 4.67. The number of piperazine rings is 1. The zero-order chi connectivity index (χ0) is 18.8.